The first-order valence-electron chi connectivity index (χ1n) is 4.61. The van der Waals surface area contributed by atoms with E-state index in [1.807, 2.05) is 0 Å². The van der Waals surface area contributed by atoms with Gasteiger partial charge in [0.2, 0.25) is 0 Å². The second-order valence-electron chi connectivity index (χ2n) is 3.27. The molecule has 16 heavy (non-hydrogen) atoms. The minimum absolute atomic E-state index is 0.620. The lowest BCUT2D eigenvalue weighted by Crippen LogP contribution is -2.23. The Bertz CT molecular complexity index is 491. The van der Waals surface area contributed by atoms with Crippen LogP contribution in [-0.2, 0) is 9.59 Å². The molecule has 0 saturated carbocycles. The molecule has 0 radical (unpaired) electrons. The van der Waals surface area contributed by atoms with Crippen LogP contribution in [-0.4, -0.2) is 28.2 Å². The molecule has 0 spiro atoms. The second kappa shape index (κ2) is 4.06. The fourth-order valence-corrected chi connectivity index (χ4v) is 1.40. The Balaban J connectivity index is 2.37. The first-order chi connectivity index (χ1) is 7.68. The van der Waals surface area contributed by atoms with Crippen LogP contribution in [0, 0.1) is 5.92 Å². The highest BCUT2D eigenvalue weighted by Gasteiger charge is 2.26. The van der Waals surface area contributed by atoms with Crippen molar-refractivity contribution < 1.29 is 14.7 Å². The molecule has 1 amide bonds. The summed E-state index contributed by atoms with van der Waals surface area (Å²) in [5, 5.41) is 8.82. The first kappa shape index (κ1) is 10.2. The predicted molar refractivity (Wildman–Crippen MR) is 56.8 cm³/mol. The van der Waals surface area contributed by atoms with E-state index in [9.17, 15) is 9.59 Å². The van der Waals surface area contributed by atoms with E-state index >= 15 is 0 Å². The third-order valence-corrected chi connectivity index (χ3v) is 2.22. The monoisotopic (exact) mass is 216 g/mol. The van der Waals surface area contributed by atoms with Gasteiger partial charge in [0.1, 0.15) is 0 Å². The minimum atomic E-state index is -1.19. The van der Waals surface area contributed by atoms with Gasteiger partial charge in [0, 0.05) is 18.6 Å². The zero-order chi connectivity index (χ0) is 11.5. The van der Waals surface area contributed by atoms with Gasteiger partial charge in [-0.1, -0.05) is 6.08 Å². The lowest BCUT2D eigenvalue weighted by Gasteiger charge is -2.10. The summed E-state index contributed by atoms with van der Waals surface area (Å²) >= 11 is 0. The maximum atomic E-state index is 11.2. The van der Waals surface area contributed by atoms with Crippen molar-refractivity contribution in [2.75, 3.05) is 0 Å². The summed E-state index contributed by atoms with van der Waals surface area (Å²) in [6.45, 7) is 0. The first-order valence-corrected chi connectivity index (χ1v) is 4.61. The second-order valence-corrected chi connectivity index (χ2v) is 3.27. The molecular weight excluding hydrogens is 208 g/mol. The fourth-order valence-electron chi connectivity index (χ4n) is 1.40. The molecule has 1 aromatic rings. The lowest BCUT2D eigenvalue weighted by molar-refractivity contribution is -0.143. The van der Waals surface area contributed by atoms with Crippen molar-refractivity contribution in [1.29, 1.82) is 0 Å². The maximum Gasteiger partial charge on any atom is 0.320 e. The van der Waals surface area contributed by atoms with Gasteiger partial charge in [-0.3, -0.25) is 14.6 Å². The highest BCUT2D eigenvalue weighted by molar-refractivity contribution is 6.19. The van der Waals surface area contributed by atoms with Crippen molar-refractivity contribution in [3.05, 3.63) is 36.2 Å². The molecule has 1 atom stereocenters. The van der Waals surface area contributed by atoms with Crippen molar-refractivity contribution in [1.82, 2.24) is 4.98 Å². The molecule has 0 fully saturated rings. The summed E-state index contributed by atoms with van der Waals surface area (Å²) in [7, 11) is 0. The average molecular weight is 216 g/mol. The number of aliphatic carboxylic acids is 1. The van der Waals surface area contributed by atoms with E-state index in [2.05, 4.69) is 9.98 Å². The number of nitrogens with zero attached hydrogens (tertiary/aromatic N) is 2. The van der Waals surface area contributed by atoms with Crippen LogP contribution in [0.3, 0.4) is 0 Å². The van der Waals surface area contributed by atoms with E-state index in [0.717, 1.165) is 5.56 Å². The summed E-state index contributed by atoms with van der Waals surface area (Å²) in [4.78, 5) is 29.4. The molecule has 2 rings (SSSR count). The molecule has 5 nitrogen and oxygen atoms in total. The quantitative estimate of drug-likeness (QED) is 0.740. The number of amides is 1. The number of hydrogen-bond donors (Lipinski definition) is 1. The standard InChI is InChI=1S/C11H8N2O3/c14-10-9(11(15)16)5-8(6-13-10)7-1-3-12-4-2-7/h1-6,9H,(H,15,16). The number of pyridine rings is 1. The Morgan fingerprint density at radius 3 is 2.62 bits per heavy atom. The number of dihydropyridines is 1. The third kappa shape index (κ3) is 1.88. The van der Waals surface area contributed by atoms with Gasteiger partial charge in [-0.25, -0.2) is 4.99 Å². The molecule has 1 aliphatic heterocycles. The molecule has 1 aliphatic rings. The molecule has 0 aliphatic carbocycles. The highest BCUT2D eigenvalue weighted by Crippen LogP contribution is 2.19. The van der Waals surface area contributed by atoms with Crippen LogP contribution >= 0.6 is 0 Å². The fraction of sp³-hybridized carbons (Fsp3) is 0.0909. The van der Waals surface area contributed by atoms with Gasteiger partial charge in [-0.15, -0.1) is 0 Å². The van der Waals surface area contributed by atoms with Crippen LogP contribution in [0.1, 0.15) is 5.56 Å². The van der Waals surface area contributed by atoms with Gasteiger partial charge in [0.15, 0.2) is 5.92 Å². The number of aromatic nitrogens is 1. The van der Waals surface area contributed by atoms with Crippen LogP contribution in [0.4, 0.5) is 0 Å². The highest BCUT2D eigenvalue weighted by atomic mass is 16.4. The molecule has 2 heterocycles. The molecule has 1 N–H and O–H groups in total. The predicted octanol–water partition coefficient (Wildman–Crippen LogP) is 0.777. The van der Waals surface area contributed by atoms with Crippen molar-refractivity contribution >= 4 is 23.7 Å². The van der Waals surface area contributed by atoms with Crippen LogP contribution in [0.5, 0.6) is 0 Å². The van der Waals surface area contributed by atoms with Crippen molar-refractivity contribution in [2.45, 2.75) is 0 Å². The number of allylic oxidation sites excluding steroid dienone is 1. The number of aliphatic imine (C=N–C) groups is 1. The molecule has 80 valence electrons. The third-order valence-electron chi connectivity index (χ3n) is 2.22. The van der Waals surface area contributed by atoms with Crippen LogP contribution < -0.4 is 0 Å². The summed E-state index contributed by atoms with van der Waals surface area (Å²) in [6, 6.07) is 3.46. The lowest BCUT2D eigenvalue weighted by atomic mass is 9.98. The van der Waals surface area contributed by atoms with Crippen molar-refractivity contribution in [3.63, 3.8) is 0 Å². The summed E-state index contributed by atoms with van der Waals surface area (Å²) in [5.41, 5.74) is 1.41. The molecule has 0 bridgehead atoms. The van der Waals surface area contributed by atoms with Gasteiger partial charge >= 0.3 is 5.97 Å². The van der Waals surface area contributed by atoms with E-state index in [1.54, 1.807) is 24.5 Å². The largest absolute Gasteiger partial charge is 0.480 e. The Kier molecular flexibility index (Phi) is 2.59. The molecular formula is C11H8N2O3. The van der Waals surface area contributed by atoms with E-state index in [4.69, 9.17) is 5.11 Å². The Morgan fingerprint density at radius 2 is 2.00 bits per heavy atom. The number of carboxylic acid groups (broad SMARTS) is 1. The zero-order valence-electron chi connectivity index (χ0n) is 8.20. The van der Waals surface area contributed by atoms with Gasteiger partial charge in [-0.2, -0.15) is 0 Å². The average Bonchev–Trinajstić information content (AvgIpc) is 2.30. The van der Waals surface area contributed by atoms with E-state index in [1.165, 1.54) is 12.3 Å². The molecule has 1 aromatic heterocycles. The number of hydrogen-bond acceptors (Lipinski definition) is 3. The summed E-state index contributed by atoms with van der Waals surface area (Å²) in [5.74, 6) is -3.02. The number of carboxylic acids is 1. The van der Waals surface area contributed by atoms with Gasteiger partial charge in [0.05, 0.1) is 0 Å². The molecule has 1 unspecified atom stereocenters. The number of rotatable bonds is 2. The number of carbonyl (C=O) groups is 2. The minimum Gasteiger partial charge on any atom is -0.480 e. The van der Waals surface area contributed by atoms with Crippen molar-refractivity contribution in [2.24, 2.45) is 10.9 Å². The van der Waals surface area contributed by atoms with Gasteiger partial charge in [-0.05, 0) is 23.3 Å². The molecule has 0 aromatic carbocycles. The zero-order valence-corrected chi connectivity index (χ0v) is 8.20. The Hall–Kier alpha value is -2.30. The molecule has 5 heteroatoms. The Labute approximate surface area is 91.2 Å². The smallest absolute Gasteiger partial charge is 0.320 e. The SMILES string of the molecule is O=C(O)C1C=C(c2ccncc2)C=NC1=O. The van der Waals surface area contributed by atoms with E-state index in [0.29, 0.717) is 5.57 Å². The molecule has 0 saturated heterocycles. The topological polar surface area (TPSA) is 79.6 Å². The normalized spacial score (nSPS) is 19.4. The van der Waals surface area contributed by atoms with E-state index < -0.39 is 17.8 Å². The van der Waals surface area contributed by atoms with Gasteiger partial charge in [0.25, 0.3) is 5.91 Å². The van der Waals surface area contributed by atoms with E-state index in [-0.39, 0.29) is 0 Å². The Morgan fingerprint density at radius 1 is 1.31 bits per heavy atom. The van der Waals surface area contributed by atoms with Crippen molar-refractivity contribution in [3.8, 4) is 0 Å². The van der Waals surface area contributed by atoms with Crippen LogP contribution in [0.2, 0.25) is 0 Å². The van der Waals surface area contributed by atoms with Crippen LogP contribution in [0.25, 0.3) is 5.57 Å². The summed E-state index contributed by atoms with van der Waals surface area (Å²) in [6.07, 6.45) is 5.95. The maximum absolute atomic E-state index is 11.2. The van der Waals surface area contributed by atoms with Gasteiger partial charge < -0.3 is 5.11 Å². The number of carbonyl (C=O) groups excluding carboxylic acids is 1. The van der Waals surface area contributed by atoms with Crippen LogP contribution in [0.15, 0.2) is 35.6 Å². The summed E-state index contributed by atoms with van der Waals surface area (Å²) < 4.78 is 0.